The highest BCUT2D eigenvalue weighted by Crippen LogP contribution is 2.22. The van der Waals surface area contributed by atoms with Crippen LogP contribution in [-0.2, 0) is 4.79 Å². The van der Waals surface area contributed by atoms with Crippen molar-refractivity contribution in [2.45, 2.75) is 32.2 Å². The van der Waals surface area contributed by atoms with Gasteiger partial charge >= 0.3 is 0 Å². The lowest BCUT2D eigenvalue weighted by atomic mass is 9.99. The fraction of sp³-hybridized carbons (Fsp3) is 0.500. The molecule has 1 heterocycles. The van der Waals surface area contributed by atoms with Crippen molar-refractivity contribution in [1.29, 1.82) is 0 Å². The molecule has 1 aromatic carbocycles. The average Bonchev–Trinajstić information content (AvgIpc) is 2.80. The van der Waals surface area contributed by atoms with Crippen LogP contribution in [0, 0.1) is 0 Å². The first-order chi connectivity index (χ1) is 8.64. The molecule has 1 aliphatic rings. The van der Waals surface area contributed by atoms with Crippen LogP contribution in [0.3, 0.4) is 0 Å². The second-order valence-electron chi connectivity index (χ2n) is 4.77. The molecule has 18 heavy (non-hydrogen) atoms. The van der Waals surface area contributed by atoms with Gasteiger partial charge in [-0.1, -0.05) is 0 Å². The van der Waals surface area contributed by atoms with Crippen molar-refractivity contribution >= 4 is 11.6 Å². The van der Waals surface area contributed by atoms with Crippen LogP contribution in [0.4, 0.5) is 5.69 Å². The Kier molecular flexibility index (Phi) is 3.87. The van der Waals surface area contributed by atoms with Crippen molar-refractivity contribution in [1.82, 2.24) is 5.32 Å². The van der Waals surface area contributed by atoms with Gasteiger partial charge in [-0.3, -0.25) is 4.79 Å². The molecule has 0 aliphatic carbocycles. The number of carbonyl (C=O) groups excluding carboxylic acids is 1. The molecule has 0 aromatic heterocycles. The first-order valence-electron chi connectivity index (χ1n) is 6.43. The molecule has 1 aliphatic heterocycles. The molecule has 1 amide bonds. The number of ether oxygens (including phenoxy) is 1. The lowest BCUT2D eigenvalue weighted by Crippen LogP contribution is -2.47. The van der Waals surface area contributed by atoms with E-state index in [1.165, 1.54) is 0 Å². The number of nitrogens with one attached hydrogen (secondary N) is 2. The maximum absolute atomic E-state index is 12.1. The minimum atomic E-state index is -0.432. The highest BCUT2D eigenvalue weighted by Gasteiger charge is 2.35. The van der Waals surface area contributed by atoms with Gasteiger partial charge in [0.25, 0.3) is 0 Å². The van der Waals surface area contributed by atoms with E-state index in [1.807, 2.05) is 38.1 Å². The summed E-state index contributed by atoms with van der Waals surface area (Å²) >= 11 is 0. The van der Waals surface area contributed by atoms with Crippen LogP contribution in [0.15, 0.2) is 24.3 Å². The van der Waals surface area contributed by atoms with Gasteiger partial charge in [0.15, 0.2) is 0 Å². The molecule has 98 valence electrons. The monoisotopic (exact) mass is 248 g/mol. The number of carbonyl (C=O) groups is 1. The normalized spacial score (nSPS) is 22.8. The summed E-state index contributed by atoms with van der Waals surface area (Å²) in [4.78, 5) is 12.1. The first-order valence-corrected chi connectivity index (χ1v) is 6.43. The Morgan fingerprint density at radius 1 is 1.44 bits per heavy atom. The molecule has 2 N–H and O–H groups in total. The summed E-state index contributed by atoms with van der Waals surface area (Å²) in [5.74, 6) is 0.852. The maximum Gasteiger partial charge on any atom is 0.244 e. The average molecular weight is 248 g/mol. The van der Waals surface area contributed by atoms with Gasteiger partial charge in [0.1, 0.15) is 5.75 Å². The Labute approximate surface area is 108 Å². The van der Waals surface area contributed by atoms with Crippen molar-refractivity contribution in [3.05, 3.63) is 24.3 Å². The fourth-order valence-electron chi connectivity index (χ4n) is 2.16. The number of anilines is 1. The van der Waals surface area contributed by atoms with Crippen molar-refractivity contribution in [2.24, 2.45) is 0 Å². The van der Waals surface area contributed by atoms with Crippen molar-refractivity contribution in [3.8, 4) is 5.75 Å². The van der Waals surface area contributed by atoms with Crippen LogP contribution in [0.25, 0.3) is 0 Å². The summed E-state index contributed by atoms with van der Waals surface area (Å²) in [5.41, 5.74) is 0.372. The van der Waals surface area contributed by atoms with Gasteiger partial charge in [0, 0.05) is 5.69 Å². The number of hydrogen-bond acceptors (Lipinski definition) is 3. The smallest absolute Gasteiger partial charge is 0.244 e. The molecule has 4 nitrogen and oxygen atoms in total. The predicted molar refractivity (Wildman–Crippen MR) is 71.9 cm³/mol. The minimum Gasteiger partial charge on any atom is -0.494 e. The number of rotatable bonds is 4. The Hall–Kier alpha value is -1.55. The third-order valence-electron chi connectivity index (χ3n) is 3.29. The van der Waals surface area contributed by atoms with E-state index >= 15 is 0 Å². The molecule has 4 heteroatoms. The lowest BCUT2D eigenvalue weighted by Gasteiger charge is -2.23. The molecule has 1 saturated heterocycles. The van der Waals surface area contributed by atoms with E-state index in [4.69, 9.17) is 4.74 Å². The van der Waals surface area contributed by atoms with E-state index in [0.29, 0.717) is 6.61 Å². The Morgan fingerprint density at radius 3 is 2.72 bits per heavy atom. The quantitative estimate of drug-likeness (QED) is 0.858. The molecule has 0 bridgehead atoms. The molecule has 1 aromatic rings. The number of hydrogen-bond donors (Lipinski definition) is 2. The van der Waals surface area contributed by atoms with Gasteiger partial charge in [-0.15, -0.1) is 0 Å². The molecule has 0 saturated carbocycles. The van der Waals surface area contributed by atoms with Crippen LogP contribution in [-0.4, -0.2) is 24.6 Å². The van der Waals surface area contributed by atoms with Gasteiger partial charge < -0.3 is 15.4 Å². The zero-order chi connectivity index (χ0) is 13.0. The van der Waals surface area contributed by atoms with E-state index in [-0.39, 0.29) is 5.91 Å². The summed E-state index contributed by atoms with van der Waals surface area (Å²) in [6.07, 6.45) is 1.93. The third kappa shape index (κ3) is 2.82. The van der Waals surface area contributed by atoms with Crippen LogP contribution in [0.5, 0.6) is 5.75 Å². The maximum atomic E-state index is 12.1. The topological polar surface area (TPSA) is 50.4 Å². The largest absolute Gasteiger partial charge is 0.494 e. The number of benzene rings is 1. The van der Waals surface area contributed by atoms with Crippen LogP contribution >= 0.6 is 0 Å². The van der Waals surface area contributed by atoms with Gasteiger partial charge in [-0.2, -0.15) is 0 Å². The molecule has 1 atom stereocenters. The summed E-state index contributed by atoms with van der Waals surface area (Å²) in [7, 11) is 0. The Bertz CT molecular complexity index is 408. The minimum absolute atomic E-state index is 0.0316. The zero-order valence-electron chi connectivity index (χ0n) is 11.0. The summed E-state index contributed by atoms with van der Waals surface area (Å²) in [6.45, 7) is 5.45. The van der Waals surface area contributed by atoms with Crippen LogP contribution < -0.4 is 15.4 Å². The molecule has 0 radical (unpaired) electrons. The highest BCUT2D eigenvalue weighted by molar-refractivity contribution is 5.98. The molecular formula is C14H20N2O2. The van der Waals surface area contributed by atoms with Crippen molar-refractivity contribution in [3.63, 3.8) is 0 Å². The molecule has 1 fully saturated rings. The van der Waals surface area contributed by atoms with E-state index in [1.54, 1.807) is 0 Å². The van der Waals surface area contributed by atoms with Gasteiger partial charge in [0.2, 0.25) is 5.91 Å². The molecule has 1 unspecified atom stereocenters. The third-order valence-corrected chi connectivity index (χ3v) is 3.29. The Balaban J connectivity index is 1.98. The summed E-state index contributed by atoms with van der Waals surface area (Å²) in [6, 6.07) is 7.45. The SMILES string of the molecule is CCOc1ccc(NC(=O)C2(C)CCCN2)cc1. The number of amides is 1. The second kappa shape index (κ2) is 5.40. The van der Waals surface area contributed by atoms with Crippen LogP contribution in [0.1, 0.15) is 26.7 Å². The van der Waals surface area contributed by atoms with Gasteiger partial charge in [-0.25, -0.2) is 0 Å². The Morgan fingerprint density at radius 2 is 2.17 bits per heavy atom. The van der Waals surface area contributed by atoms with Crippen LogP contribution in [0.2, 0.25) is 0 Å². The van der Waals surface area contributed by atoms with Crippen molar-refractivity contribution in [2.75, 3.05) is 18.5 Å². The van der Waals surface area contributed by atoms with E-state index < -0.39 is 5.54 Å². The highest BCUT2D eigenvalue weighted by atomic mass is 16.5. The predicted octanol–water partition coefficient (Wildman–Crippen LogP) is 2.17. The molecule has 2 rings (SSSR count). The van der Waals surface area contributed by atoms with E-state index in [9.17, 15) is 4.79 Å². The molecule has 0 spiro atoms. The van der Waals surface area contributed by atoms with E-state index in [0.717, 1.165) is 30.8 Å². The van der Waals surface area contributed by atoms with Gasteiger partial charge in [-0.05, 0) is 57.5 Å². The van der Waals surface area contributed by atoms with Crippen molar-refractivity contribution < 1.29 is 9.53 Å². The summed E-state index contributed by atoms with van der Waals surface area (Å²) in [5, 5.41) is 6.18. The molecular weight excluding hydrogens is 228 g/mol. The zero-order valence-corrected chi connectivity index (χ0v) is 11.0. The standard InChI is InChI=1S/C14H20N2O2/c1-3-18-12-7-5-11(6-8-12)16-13(17)14(2)9-4-10-15-14/h5-8,15H,3-4,9-10H2,1-2H3,(H,16,17). The van der Waals surface area contributed by atoms with Gasteiger partial charge in [0.05, 0.1) is 12.1 Å². The lowest BCUT2D eigenvalue weighted by molar-refractivity contribution is -0.121. The second-order valence-corrected chi connectivity index (χ2v) is 4.77. The van der Waals surface area contributed by atoms with E-state index in [2.05, 4.69) is 10.6 Å². The summed E-state index contributed by atoms with van der Waals surface area (Å²) < 4.78 is 5.36. The first kappa shape index (κ1) is 12.9. The fourth-order valence-corrected chi connectivity index (χ4v) is 2.16.